The maximum atomic E-state index is 13.1. The van der Waals surface area contributed by atoms with Crippen LogP contribution in [-0.4, -0.2) is 15.2 Å². The molecule has 0 atom stereocenters. The van der Waals surface area contributed by atoms with Crippen LogP contribution in [0.4, 0.5) is 4.39 Å². The van der Waals surface area contributed by atoms with Crippen LogP contribution < -0.4 is 0 Å². The Morgan fingerprint density at radius 3 is 2.94 bits per heavy atom. The van der Waals surface area contributed by atoms with Crippen LogP contribution in [0.25, 0.3) is 22.2 Å². The highest BCUT2D eigenvalue weighted by Crippen LogP contribution is 2.30. The Balaban J connectivity index is 2.28. The van der Waals surface area contributed by atoms with Gasteiger partial charge >= 0.3 is 0 Å². The molecule has 3 rings (SSSR count). The van der Waals surface area contributed by atoms with E-state index in [2.05, 4.69) is 31.1 Å². The molecule has 0 saturated carbocycles. The van der Waals surface area contributed by atoms with Crippen LogP contribution in [-0.2, 0) is 0 Å². The highest BCUT2D eigenvalue weighted by Gasteiger charge is 2.10. The quantitative estimate of drug-likeness (QED) is 0.697. The van der Waals surface area contributed by atoms with Crippen molar-refractivity contribution in [1.29, 1.82) is 0 Å². The molecular formula is C12H7BrFN3. The largest absolute Gasteiger partial charge is 0.277 e. The van der Waals surface area contributed by atoms with Crippen molar-refractivity contribution in [3.63, 3.8) is 0 Å². The zero-order valence-electron chi connectivity index (χ0n) is 8.61. The molecule has 0 aliphatic heterocycles. The van der Waals surface area contributed by atoms with Gasteiger partial charge in [-0.1, -0.05) is 12.1 Å². The lowest BCUT2D eigenvalue weighted by Crippen LogP contribution is -1.84. The minimum Gasteiger partial charge on any atom is -0.277 e. The van der Waals surface area contributed by atoms with E-state index in [1.54, 1.807) is 6.07 Å². The molecule has 5 heteroatoms. The van der Waals surface area contributed by atoms with Gasteiger partial charge in [0.15, 0.2) is 0 Å². The maximum absolute atomic E-state index is 13.1. The topological polar surface area (TPSA) is 41.6 Å². The van der Waals surface area contributed by atoms with Gasteiger partial charge in [-0.05, 0) is 28.1 Å². The Kier molecular flexibility index (Phi) is 2.40. The molecule has 3 nitrogen and oxygen atoms in total. The molecule has 0 saturated heterocycles. The number of pyridine rings is 1. The summed E-state index contributed by atoms with van der Waals surface area (Å²) in [6, 6.07) is 8.91. The molecule has 0 amide bonds. The van der Waals surface area contributed by atoms with Gasteiger partial charge in [0.05, 0.1) is 5.69 Å². The number of H-pyrrole nitrogens is 1. The van der Waals surface area contributed by atoms with E-state index >= 15 is 0 Å². The number of halogens is 2. The number of fused-ring (bicyclic) bond motifs is 1. The number of hydrogen-bond acceptors (Lipinski definition) is 2. The lowest BCUT2D eigenvalue weighted by Gasteiger charge is -1.98. The van der Waals surface area contributed by atoms with Crippen molar-refractivity contribution in [2.45, 2.75) is 0 Å². The van der Waals surface area contributed by atoms with Crippen LogP contribution in [0.1, 0.15) is 0 Å². The number of nitrogens with one attached hydrogen (secondary N) is 1. The molecule has 0 unspecified atom stereocenters. The zero-order chi connectivity index (χ0) is 11.8. The summed E-state index contributed by atoms with van der Waals surface area (Å²) in [6.45, 7) is 0. The molecule has 0 bridgehead atoms. The van der Waals surface area contributed by atoms with E-state index in [4.69, 9.17) is 0 Å². The van der Waals surface area contributed by atoms with E-state index in [0.717, 1.165) is 26.6 Å². The number of hydrogen-bond donors (Lipinski definition) is 1. The second kappa shape index (κ2) is 3.92. The third-order valence-electron chi connectivity index (χ3n) is 2.55. The second-order valence-electron chi connectivity index (χ2n) is 3.60. The first kappa shape index (κ1) is 10.4. The Bertz CT molecular complexity index is 693. The van der Waals surface area contributed by atoms with Crippen molar-refractivity contribution >= 4 is 26.8 Å². The van der Waals surface area contributed by atoms with Crippen LogP contribution >= 0.6 is 15.9 Å². The van der Waals surface area contributed by atoms with Crippen molar-refractivity contribution in [1.82, 2.24) is 15.2 Å². The summed E-state index contributed by atoms with van der Waals surface area (Å²) in [5, 5.41) is 8.08. The van der Waals surface area contributed by atoms with Crippen molar-refractivity contribution in [2.24, 2.45) is 0 Å². The van der Waals surface area contributed by atoms with E-state index < -0.39 is 5.95 Å². The molecule has 3 aromatic rings. The Morgan fingerprint density at radius 2 is 2.12 bits per heavy atom. The molecule has 1 N–H and O–H groups in total. The minimum atomic E-state index is -0.500. The van der Waals surface area contributed by atoms with Gasteiger partial charge < -0.3 is 0 Å². The number of nitrogens with zero attached hydrogens (tertiary/aromatic N) is 2. The van der Waals surface area contributed by atoms with Gasteiger partial charge in [-0.25, -0.2) is 4.98 Å². The van der Waals surface area contributed by atoms with Crippen LogP contribution in [0, 0.1) is 5.95 Å². The fourth-order valence-electron chi connectivity index (χ4n) is 1.78. The first-order valence-electron chi connectivity index (χ1n) is 5.00. The number of benzene rings is 1. The number of rotatable bonds is 1. The lowest BCUT2D eigenvalue weighted by molar-refractivity contribution is 0.584. The molecule has 0 aliphatic rings. The van der Waals surface area contributed by atoms with Gasteiger partial charge in [0.25, 0.3) is 0 Å². The first-order chi connectivity index (χ1) is 8.25. The number of aromatic amines is 1. The molecule has 84 valence electrons. The molecule has 2 aromatic heterocycles. The molecule has 0 spiro atoms. The van der Waals surface area contributed by atoms with Gasteiger partial charge in [0.1, 0.15) is 5.52 Å². The second-order valence-corrected chi connectivity index (χ2v) is 4.46. The molecule has 0 fully saturated rings. The molecule has 0 aliphatic carbocycles. The van der Waals surface area contributed by atoms with Crippen LogP contribution in [0.15, 0.2) is 41.0 Å². The van der Waals surface area contributed by atoms with Gasteiger partial charge in [0, 0.05) is 27.7 Å². The average Bonchev–Trinajstić information content (AvgIpc) is 2.74. The lowest BCUT2D eigenvalue weighted by atomic mass is 10.1. The van der Waals surface area contributed by atoms with Crippen LogP contribution in [0.5, 0.6) is 0 Å². The van der Waals surface area contributed by atoms with E-state index in [1.165, 1.54) is 12.3 Å². The summed E-state index contributed by atoms with van der Waals surface area (Å²) in [6.07, 6.45) is 1.44. The molecular weight excluding hydrogens is 285 g/mol. The predicted octanol–water partition coefficient (Wildman–Crippen LogP) is 3.53. The molecule has 17 heavy (non-hydrogen) atoms. The van der Waals surface area contributed by atoms with Crippen molar-refractivity contribution in [3.8, 4) is 11.3 Å². The third kappa shape index (κ3) is 1.72. The summed E-state index contributed by atoms with van der Waals surface area (Å²) >= 11 is 3.43. The Labute approximate surface area is 105 Å². The zero-order valence-corrected chi connectivity index (χ0v) is 10.2. The predicted molar refractivity (Wildman–Crippen MR) is 67.0 cm³/mol. The fourth-order valence-corrected chi connectivity index (χ4v) is 2.24. The summed E-state index contributed by atoms with van der Waals surface area (Å²) in [4.78, 5) is 3.54. The van der Waals surface area contributed by atoms with E-state index in [0.29, 0.717) is 0 Å². The summed E-state index contributed by atoms with van der Waals surface area (Å²) in [7, 11) is 0. The van der Waals surface area contributed by atoms with E-state index in [1.807, 2.05) is 18.2 Å². The smallest absolute Gasteiger partial charge is 0.213 e. The maximum Gasteiger partial charge on any atom is 0.213 e. The minimum absolute atomic E-state index is 0.500. The van der Waals surface area contributed by atoms with Crippen molar-refractivity contribution in [2.75, 3.05) is 0 Å². The monoisotopic (exact) mass is 291 g/mol. The van der Waals surface area contributed by atoms with Crippen molar-refractivity contribution < 1.29 is 4.39 Å². The van der Waals surface area contributed by atoms with E-state index in [-0.39, 0.29) is 0 Å². The number of para-hydroxylation sites is 1. The molecule has 2 heterocycles. The van der Waals surface area contributed by atoms with E-state index in [9.17, 15) is 4.39 Å². The van der Waals surface area contributed by atoms with Gasteiger partial charge in [-0.3, -0.25) is 5.10 Å². The summed E-state index contributed by atoms with van der Waals surface area (Å²) < 4.78 is 14.0. The van der Waals surface area contributed by atoms with Gasteiger partial charge in [-0.2, -0.15) is 9.49 Å². The Morgan fingerprint density at radius 1 is 1.24 bits per heavy atom. The van der Waals surface area contributed by atoms with Gasteiger partial charge in [-0.15, -0.1) is 0 Å². The fraction of sp³-hybridized carbons (Fsp3) is 0. The Hall–Kier alpha value is -1.75. The SMILES string of the molecule is Fc1cc(-c2[nH]nc3c(Br)cccc23)ccn1. The summed E-state index contributed by atoms with van der Waals surface area (Å²) in [5.41, 5.74) is 2.36. The van der Waals surface area contributed by atoms with Crippen LogP contribution in [0.2, 0.25) is 0 Å². The van der Waals surface area contributed by atoms with Crippen LogP contribution in [0.3, 0.4) is 0 Å². The highest BCUT2D eigenvalue weighted by atomic mass is 79.9. The average molecular weight is 292 g/mol. The molecule has 0 radical (unpaired) electrons. The van der Waals surface area contributed by atoms with Crippen molar-refractivity contribution in [3.05, 3.63) is 46.9 Å². The first-order valence-corrected chi connectivity index (χ1v) is 5.79. The highest BCUT2D eigenvalue weighted by molar-refractivity contribution is 9.10. The normalized spacial score (nSPS) is 10.9. The summed E-state index contributed by atoms with van der Waals surface area (Å²) in [5.74, 6) is -0.500. The third-order valence-corrected chi connectivity index (χ3v) is 3.19. The van der Waals surface area contributed by atoms with Gasteiger partial charge in [0.2, 0.25) is 5.95 Å². The standard InChI is InChI=1S/C12H7BrFN3/c13-9-3-1-2-8-11(16-17-12(8)9)7-4-5-15-10(14)6-7/h1-6H,(H,16,17). The number of aromatic nitrogens is 3. The molecule has 1 aromatic carbocycles.